The molecule has 4 aromatic carbocycles. The molecule has 1 aliphatic carbocycles. The Labute approximate surface area is 287 Å². The Hall–Kier alpha value is -3.85. The van der Waals surface area contributed by atoms with Gasteiger partial charge in [0, 0.05) is 19.0 Å². The summed E-state index contributed by atoms with van der Waals surface area (Å²) in [7, 11) is -4.25. The molecule has 1 saturated carbocycles. The molecule has 0 spiro atoms. The summed E-state index contributed by atoms with van der Waals surface area (Å²) in [5, 5.41) is 3.60. The standard InChI is InChI=1S/C37H39Cl2N3O4S/c1-26-16-19-32(20-17-26)47(45,46)42(31-18-21-33(38)34(39)23-31)25-36(43)41(24-29-13-7-6-10-27(29)2)35(22-28-11-4-3-5-12-28)37(44)40-30-14-8-9-15-30/h3-7,10-13,16-21,23,30,35H,8-9,14-15,22,24-25H2,1-2H3,(H,40,44)/t35-/m1/s1. The quantitative estimate of drug-likeness (QED) is 0.167. The maximum atomic E-state index is 14.7. The van der Waals surface area contributed by atoms with Crippen molar-refractivity contribution in [2.24, 2.45) is 0 Å². The number of aryl methyl sites for hydroxylation is 2. The first-order valence-corrected chi connectivity index (χ1v) is 18.0. The Kier molecular flexibility index (Phi) is 11.3. The van der Waals surface area contributed by atoms with Crippen LogP contribution in [0.25, 0.3) is 0 Å². The molecule has 0 bridgehead atoms. The molecule has 1 atom stereocenters. The van der Waals surface area contributed by atoms with Gasteiger partial charge in [0.2, 0.25) is 11.8 Å². The molecule has 4 aromatic rings. The molecule has 0 saturated heterocycles. The molecule has 0 aliphatic heterocycles. The van der Waals surface area contributed by atoms with Crippen LogP contribution in [0.2, 0.25) is 10.0 Å². The zero-order valence-electron chi connectivity index (χ0n) is 26.5. The molecule has 0 unspecified atom stereocenters. The fourth-order valence-electron chi connectivity index (χ4n) is 5.90. The van der Waals surface area contributed by atoms with E-state index in [2.05, 4.69) is 5.32 Å². The Morgan fingerprint density at radius 3 is 2.17 bits per heavy atom. The predicted octanol–water partition coefficient (Wildman–Crippen LogP) is 7.50. The number of hydrogen-bond acceptors (Lipinski definition) is 4. The summed E-state index contributed by atoms with van der Waals surface area (Å²) >= 11 is 12.6. The van der Waals surface area contributed by atoms with Gasteiger partial charge in [0.1, 0.15) is 12.6 Å². The third kappa shape index (κ3) is 8.55. The van der Waals surface area contributed by atoms with Crippen LogP contribution in [0.15, 0.2) is 102 Å². The fraction of sp³-hybridized carbons (Fsp3) is 0.297. The molecular formula is C37H39Cl2N3O4S. The van der Waals surface area contributed by atoms with E-state index >= 15 is 0 Å². The van der Waals surface area contributed by atoms with E-state index in [9.17, 15) is 18.0 Å². The number of nitrogens with one attached hydrogen (secondary N) is 1. The second-order valence-electron chi connectivity index (χ2n) is 12.1. The summed E-state index contributed by atoms with van der Waals surface area (Å²) in [4.78, 5) is 30.4. The number of benzene rings is 4. The van der Waals surface area contributed by atoms with Gasteiger partial charge in [0.05, 0.1) is 20.6 Å². The number of hydrogen-bond donors (Lipinski definition) is 1. The lowest BCUT2D eigenvalue weighted by molar-refractivity contribution is -0.140. The van der Waals surface area contributed by atoms with Crippen molar-refractivity contribution in [3.8, 4) is 0 Å². The normalized spacial score (nSPS) is 14.0. The Morgan fingerprint density at radius 1 is 0.851 bits per heavy atom. The number of anilines is 1. The van der Waals surface area contributed by atoms with E-state index in [1.165, 1.54) is 35.2 Å². The SMILES string of the molecule is Cc1ccc(S(=O)(=O)N(CC(=O)N(Cc2ccccc2C)[C@H](Cc2ccccc2)C(=O)NC2CCCC2)c2ccc(Cl)c(Cl)c2)cc1. The van der Waals surface area contributed by atoms with Crippen molar-refractivity contribution in [1.29, 1.82) is 0 Å². The van der Waals surface area contributed by atoms with Crippen LogP contribution in [0.4, 0.5) is 5.69 Å². The van der Waals surface area contributed by atoms with E-state index in [1.807, 2.05) is 68.4 Å². The van der Waals surface area contributed by atoms with Crippen LogP contribution in [0.3, 0.4) is 0 Å². The Bertz CT molecular complexity index is 1810. The fourth-order valence-corrected chi connectivity index (χ4v) is 7.60. The Balaban J connectivity index is 1.58. The minimum absolute atomic E-state index is 0.0206. The van der Waals surface area contributed by atoms with E-state index in [-0.39, 0.29) is 45.5 Å². The molecule has 1 N–H and O–H groups in total. The highest BCUT2D eigenvalue weighted by molar-refractivity contribution is 7.92. The molecule has 7 nitrogen and oxygen atoms in total. The van der Waals surface area contributed by atoms with Crippen molar-refractivity contribution in [1.82, 2.24) is 10.2 Å². The van der Waals surface area contributed by atoms with E-state index in [0.717, 1.165) is 52.2 Å². The van der Waals surface area contributed by atoms with Gasteiger partial charge >= 0.3 is 0 Å². The van der Waals surface area contributed by atoms with Gasteiger partial charge in [-0.3, -0.25) is 13.9 Å². The summed E-state index contributed by atoms with van der Waals surface area (Å²) in [6, 6.07) is 27.2. The lowest BCUT2D eigenvalue weighted by Gasteiger charge is -2.34. The lowest BCUT2D eigenvalue weighted by Crippen LogP contribution is -2.54. The van der Waals surface area contributed by atoms with E-state index < -0.39 is 28.5 Å². The number of sulfonamides is 1. The summed E-state index contributed by atoms with van der Waals surface area (Å²) in [5.41, 5.74) is 3.76. The molecule has 2 amide bonds. The number of halogens is 2. The largest absolute Gasteiger partial charge is 0.352 e. The van der Waals surface area contributed by atoms with Crippen molar-refractivity contribution < 1.29 is 18.0 Å². The number of amides is 2. The first-order valence-electron chi connectivity index (χ1n) is 15.8. The van der Waals surface area contributed by atoms with Crippen LogP contribution in [-0.4, -0.2) is 43.8 Å². The number of carbonyl (C=O) groups excluding carboxylic acids is 2. The summed E-state index contributed by atoms with van der Waals surface area (Å²) in [5.74, 6) is -0.789. The molecule has 47 heavy (non-hydrogen) atoms. The van der Waals surface area contributed by atoms with Gasteiger partial charge in [-0.05, 0) is 73.7 Å². The molecule has 246 valence electrons. The highest BCUT2D eigenvalue weighted by Gasteiger charge is 2.36. The maximum absolute atomic E-state index is 14.7. The first-order chi connectivity index (χ1) is 22.5. The van der Waals surface area contributed by atoms with Gasteiger partial charge < -0.3 is 10.2 Å². The minimum Gasteiger partial charge on any atom is -0.352 e. The lowest BCUT2D eigenvalue weighted by atomic mass is 10.0. The second-order valence-corrected chi connectivity index (χ2v) is 14.7. The third-order valence-corrected chi connectivity index (χ3v) is 11.2. The smallest absolute Gasteiger partial charge is 0.264 e. The van der Waals surface area contributed by atoms with Crippen molar-refractivity contribution in [2.75, 3.05) is 10.8 Å². The van der Waals surface area contributed by atoms with Gasteiger partial charge in [-0.25, -0.2) is 8.42 Å². The monoisotopic (exact) mass is 691 g/mol. The molecule has 1 aliphatic rings. The average molecular weight is 693 g/mol. The van der Waals surface area contributed by atoms with Crippen LogP contribution in [0.5, 0.6) is 0 Å². The van der Waals surface area contributed by atoms with Gasteiger partial charge in [-0.1, -0.05) is 108 Å². The van der Waals surface area contributed by atoms with Gasteiger partial charge in [-0.15, -0.1) is 0 Å². The van der Waals surface area contributed by atoms with E-state index in [4.69, 9.17) is 23.2 Å². The zero-order chi connectivity index (χ0) is 33.6. The van der Waals surface area contributed by atoms with Crippen molar-refractivity contribution in [2.45, 2.75) is 69.5 Å². The summed E-state index contributed by atoms with van der Waals surface area (Å²) < 4.78 is 29.5. The highest BCUT2D eigenvalue weighted by atomic mass is 35.5. The van der Waals surface area contributed by atoms with Crippen molar-refractivity contribution in [3.05, 3.63) is 129 Å². The minimum atomic E-state index is -4.25. The molecule has 0 radical (unpaired) electrons. The predicted molar refractivity (Wildman–Crippen MR) is 188 cm³/mol. The zero-order valence-corrected chi connectivity index (χ0v) is 28.9. The van der Waals surface area contributed by atoms with Crippen LogP contribution >= 0.6 is 23.2 Å². The number of carbonyl (C=O) groups is 2. The Morgan fingerprint density at radius 2 is 1.51 bits per heavy atom. The molecule has 1 fully saturated rings. The third-order valence-electron chi connectivity index (χ3n) is 8.65. The second kappa shape index (κ2) is 15.4. The topological polar surface area (TPSA) is 86.8 Å². The van der Waals surface area contributed by atoms with E-state index in [1.54, 1.807) is 12.1 Å². The van der Waals surface area contributed by atoms with Gasteiger partial charge in [0.15, 0.2) is 0 Å². The molecule has 5 rings (SSSR count). The van der Waals surface area contributed by atoms with E-state index in [0.29, 0.717) is 0 Å². The molecule has 0 aromatic heterocycles. The summed E-state index contributed by atoms with van der Waals surface area (Å²) in [6.45, 7) is 3.36. The number of rotatable bonds is 12. The van der Waals surface area contributed by atoms with Crippen LogP contribution in [-0.2, 0) is 32.6 Å². The van der Waals surface area contributed by atoms with Crippen LogP contribution in [0.1, 0.15) is 47.9 Å². The summed E-state index contributed by atoms with van der Waals surface area (Å²) in [6.07, 6.45) is 4.10. The molecule has 10 heteroatoms. The van der Waals surface area contributed by atoms with Gasteiger partial charge in [0.25, 0.3) is 10.0 Å². The highest BCUT2D eigenvalue weighted by Crippen LogP contribution is 2.31. The maximum Gasteiger partial charge on any atom is 0.264 e. The van der Waals surface area contributed by atoms with Crippen molar-refractivity contribution in [3.63, 3.8) is 0 Å². The van der Waals surface area contributed by atoms with Crippen LogP contribution in [0, 0.1) is 13.8 Å². The van der Waals surface area contributed by atoms with Gasteiger partial charge in [-0.2, -0.15) is 0 Å². The average Bonchev–Trinajstić information content (AvgIpc) is 3.57. The first kappa shape index (κ1) is 34.5. The van der Waals surface area contributed by atoms with Crippen LogP contribution < -0.4 is 9.62 Å². The molecule has 0 heterocycles. The number of nitrogens with zero attached hydrogens (tertiary/aromatic N) is 2. The molecular weight excluding hydrogens is 653 g/mol. The van der Waals surface area contributed by atoms with Crippen molar-refractivity contribution >= 4 is 50.7 Å².